The molecule has 0 fully saturated rings. The van der Waals surface area contributed by atoms with Crippen molar-refractivity contribution in [2.45, 2.75) is 26.3 Å². The minimum atomic E-state index is -0.308. The van der Waals surface area contributed by atoms with Crippen LogP contribution in [0.4, 0.5) is 0 Å². The Balaban J connectivity index is 2.02. The van der Waals surface area contributed by atoms with Crippen molar-refractivity contribution < 1.29 is 4.79 Å². The number of rotatable bonds is 2. The fourth-order valence-electron chi connectivity index (χ4n) is 2.37. The third kappa shape index (κ3) is 4.37. The lowest BCUT2D eigenvalue weighted by Gasteiger charge is -2.20. The monoisotopic (exact) mass is 344 g/mol. The maximum absolute atomic E-state index is 12.5. The zero-order chi connectivity index (χ0) is 18.6. The summed E-state index contributed by atoms with van der Waals surface area (Å²) >= 11 is 0. The van der Waals surface area contributed by atoms with E-state index in [1.807, 2.05) is 57.3 Å². The molecule has 0 saturated heterocycles. The van der Waals surface area contributed by atoms with Gasteiger partial charge in [-0.2, -0.15) is 5.10 Å². The molecule has 0 saturated carbocycles. The lowest BCUT2D eigenvalue weighted by molar-refractivity contribution is 0.0919. The van der Waals surface area contributed by atoms with Crippen molar-refractivity contribution >= 4 is 5.91 Å². The summed E-state index contributed by atoms with van der Waals surface area (Å²) in [5, 5.41) is 7.24. The van der Waals surface area contributed by atoms with Gasteiger partial charge in [0, 0.05) is 29.7 Å². The summed E-state index contributed by atoms with van der Waals surface area (Å²) in [5.41, 5.74) is 2.44. The number of nitrogens with one attached hydrogen (secondary N) is 1. The number of hydrogen-bond acceptors (Lipinski definition) is 3. The molecule has 0 bridgehead atoms. The van der Waals surface area contributed by atoms with E-state index in [1.54, 1.807) is 29.2 Å². The van der Waals surface area contributed by atoms with E-state index in [-0.39, 0.29) is 11.4 Å². The van der Waals surface area contributed by atoms with Crippen LogP contribution in [0, 0.1) is 11.8 Å². The van der Waals surface area contributed by atoms with Gasteiger partial charge >= 0.3 is 0 Å². The van der Waals surface area contributed by atoms with Crippen LogP contribution < -0.4 is 5.32 Å². The maximum atomic E-state index is 12.5. The molecule has 0 aliphatic rings. The number of carbonyl (C=O) groups is 1. The molecular formula is C21H20N4O. The Labute approximate surface area is 153 Å². The molecule has 3 rings (SSSR count). The smallest absolute Gasteiger partial charge is 0.251 e. The van der Waals surface area contributed by atoms with E-state index in [9.17, 15) is 4.79 Å². The molecule has 0 radical (unpaired) electrons. The van der Waals surface area contributed by atoms with Crippen molar-refractivity contribution in [2.75, 3.05) is 0 Å². The van der Waals surface area contributed by atoms with Gasteiger partial charge in [-0.15, -0.1) is 0 Å². The fourth-order valence-corrected chi connectivity index (χ4v) is 2.37. The van der Waals surface area contributed by atoms with Crippen molar-refractivity contribution in [1.29, 1.82) is 0 Å². The molecule has 0 aliphatic carbocycles. The topological polar surface area (TPSA) is 59.8 Å². The lowest BCUT2D eigenvalue weighted by atomic mass is 10.0. The molecule has 0 atom stereocenters. The first kappa shape index (κ1) is 17.4. The van der Waals surface area contributed by atoms with Crippen LogP contribution in [0.15, 0.2) is 61.1 Å². The largest absolute Gasteiger partial charge is 0.347 e. The fraction of sp³-hybridized carbons (Fsp3) is 0.190. The summed E-state index contributed by atoms with van der Waals surface area (Å²) in [6.45, 7) is 5.85. The van der Waals surface area contributed by atoms with Gasteiger partial charge in [-0.25, -0.2) is 9.67 Å². The summed E-state index contributed by atoms with van der Waals surface area (Å²) < 4.78 is 1.73. The van der Waals surface area contributed by atoms with Crippen LogP contribution in [0.2, 0.25) is 0 Å². The molecular weight excluding hydrogens is 324 g/mol. The Morgan fingerprint density at radius 1 is 1.08 bits per heavy atom. The van der Waals surface area contributed by atoms with Crippen molar-refractivity contribution in [3.63, 3.8) is 0 Å². The first-order valence-corrected chi connectivity index (χ1v) is 8.32. The first-order valence-electron chi connectivity index (χ1n) is 8.32. The van der Waals surface area contributed by atoms with E-state index < -0.39 is 0 Å². The standard InChI is InChI=1S/C21H20N4O/c1-21(2,3)24-20(26)17-9-11-19(25-14-6-13-23-25)16(15-17)8-10-18-7-4-5-12-22-18/h4-7,9,11-15H,1-3H3,(H,24,26). The number of carbonyl (C=O) groups excluding carboxylic acids is 1. The van der Waals surface area contributed by atoms with Crippen molar-refractivity contribution in [2.24, 2.45) is 0 Å². The van der Waals surface area contributed by atoms with Gasteiger partial charge in [-0.1, -0.05) is 12.0 Å². The van der Waals surface area contributed by atoms with Crippen LogP contribution in [0.3, 0.4) is 0 Å². The molecule has 1 amide bonds. The van der Waals surface area contributed by atoms with Crippen LogP contribution in [-0.4, -0.2) is 26.2 Å². The second-order valence-electron chi connectivity index (χ2n) is 6.85. The highest BCUT2D eigenvalue weighted by Gasteiger charge is 2.16. The number of pyridine rings is 1. The molecule has 3 aromatic rings. The predicted octanol–water partition coefficient (Wildman–Crippen LogP) is 3.20. The Hall–Kier alpha value is -3.39. The van der Waals surface area contributed by atoms with Crippen LogP contribution in [-0.2, 0) is 0 Å². The molecule has 1 N–H and O–H groups in total. The molecule has 0 unspecified atom stereocenters. The van der Waals surface area contributed by atoms with E-state index in [4.69, 9.17) is 0 Å². The van der Waals surface area contributed by atoms with E-state index >= 15 is 0 Å². The maximum Gasteiger partial charge on any atom is 0.251 e. The molecule has 2 aromatic heterocycles. The quantitative estimate of drug-likeness (QED) is 0.726. The van der Waals surface area contributed by atoms with Crippen LogP contribution in [0.5, 0.6) is 0 Å². The Bertz CT molecular complexity index is 959. The molecule has 2 heterocycles. The molecule has 0 aliphatic heterocycles. The highest BCUT2D eigenvalue weighted by molar-refractivity contribution is 5.95. The summed E-state index contributed by atoms with van der Waals surface area (Å²) in [4.78, 5) is 16.7. The minimum Gasteiger partial charge on any atom is -0.347 e. The predicted molar refractivity (Wildman–Crippen MR) is 101 cm³/mol. The second kappa shape index (κ2) is 7.24. The summed E-state index contributed by atoms with van der Waals surface area (Å²) in [6.07, 6.45) is 5.25. The van der Waals surface area contributed by atoms with E-state index in [2.05, 4.69) is 27.2 Å². The first-order chi connectivity index (χ1) is 12.4. The van der Waals surface area contributed by atoms with Gasteiger partial charge in [0.05, 0.1) is 11.3 Å². The van der Waals surface area contributed by atoms with Gasteiger partial charge < -0.3 is 5.32 Å². The van der Waals surface area contributed by atoms with Crippen molar-refractivity contribution in [3.05, 3.63) is 77.9 Å². The number of hydrogen-bond donors (Lipinski definition) is 1. The number of amides is 1. The highest BCUT2D eigenvalue weighted by atomic mass is 16.1. The SMILES string of the molecule is CC(C)(C)NC(=O)c1ccc(-n2cccn2)c(C#Cc2ccccn2)c1. The molecule has 1 aromatic carbocycles. The van der Waals surface area contributed by atoms with Gasteiger partial charge in [0.25, 0.3) is 5.91 Å². The summed E-state index contributed by atoms with van der Waals surface area (Å²) in [6, 6.07) is 12.8. The van der Waals surface area contributed by atoms with Crippen molar-refractivity contribution in [1.82, 2.24) is 20.1 Å². The van der Waals surface area contributed by atoms with Gasteiger partial charge in [-0.3, -0.25) is 4.79 Å². The molecule has 130 valence electrons. The van der Waals surface area contributed by atoms with Gasteiger partial charge in [0.15, 0.2) is 0 Å². The molecule has 0 spiro atoms. The van der Waals surface area contributed by atoms with Crippen LogP contribution >= 0.6 is 0 Å². The molecule has 26 heavy (non-hydrogen) atoms. The van der Waals surface area contributed by atoms with Gasteiger partial charge in [0.2, 0.25) is 0 Å². The average molecular weight is 344 g/mol. The van der Waals surface area contributed by atoms with Crippen LogP contribution in [0.1, 0.15) is 42.4 Å². The van der Waals surface area contributed by atoms with Crippen molar-refractivity contribution in [3.8, 4) is 17.5 Å². The third-order valence-corrected chi connectivity index (χ3v) is 3.49. The third-order valence-electron chi connectivity index (χ3n) is 3.49. The Morgan fingerprint density at radius 3 is 2.58 bits per heavy atom. The second-order valence-corrected chi connectivity index (χ2v) is 6.85. The van der Waals surface area contributed by atoms with E-state index in [0.717, 1.165) is 5.69 Å². The highest BCUT2D eigenvalue weighted by Crippen LogP contribution is 2.16. The zero-order valence-electron chi connectivity index (χ0n) is 15.0. The summed E-state index contributed by atoms with van der Waals surface area (Å²) in [5.74, 6) is 6.03. The lowest BCUT2D eigenvalue weighted by Crippen LogP contribution is -2.40. The zero-order valence-corrected chi connectivity index (χ0v) is 15.0. The Morgan fingerprint density at radius 2 is 1.92 bits per heavy atom. The van der Waals surface area contributed by atoms with E-state index in [0.29, 0.717) is 16.8 Å². The number of nitrogens with zero attached hydrogens (tertiary/aromatic N) is 3. The normalized spacial score (nSPS) is 10.7. The van der Waals surface area contributed by atoms with Gasteiger partial charge in [-0.05, 0) is 63.1 Å². The number of aromatic nitrogens is 3. The van der Waals surface area contributed by atoms with Crippen LogP contribution in [0.25, 0.3) is 5.69 Å². The Kier molecular flexibility index (Phi) is 4.85. The molecule has 5 nitrogen and oxygen atoms in total. The van der Waals surface area contributed by atoms with Gasteiger partial charge in [0.1, 0.15) is 5.69 Å². The minimum absolute atomic E-state index is 0.134. The molecule has 5 heteroatoms. The summed E-state index contributed by atoms with van der Waals surface area (Å²) in [7, 11) is 0. The number of benzene rings is 1. The average Bonchev–Trinajstić information content (AvgIpc) is 3.13. The van der Waals surface area contributed by atoms with E-state index in [1.165, 1.54) is 0 Å².